The molecule has 30 heavy (non-hydrogen) atoms. The first-order valence-electron chi connectivity index (χ1n) is 11.1. The van der Waals surface area contributed by atoms with Gasteiger partial charge in [0.25, 0.3) is 0 Å². The van der Waals surface area contributed by atoms with E-state index in [1.54, 1.807) is 0 Å². The Morgan fingerprint density at radius 2 is 1.83 bits per heavy atom. The van der Waals surface area contributed by atoms with Crippen LogP contribution >= 0.6 is 0 Å². The molecule has 4 rings (SSSR count). The first-order chi connectivity index (χ1) is 14.5. The lowest BCUT2D eigenvalue weighted by Crippen LogP contribution is -2.58. The zero-order chi connectivity index (χ0) is 21.2. The third-order valence-electron chi connectivity index (χ3n) is 6.56. The maximum Gasteiger partial charge on any atom is 0.241 e. The fraction of sp³-hybridized carbons (Fsp3) is 0.423. The summed E-state index contributed by atoms with van der Waals surface area (Å²) < 4.78 is 6.09. The molecule has 2 aliphatic rings. The summed E-state index contributed by atoms with van der Waals surface area (Å²) in [5.41, 5.74) is 2.58. The molecule has 0 bridgehead atoms. The highest BCUT2D eigenvalue weighted by Crippen LogP contribution is 2.52. The Bertz CT molecular complexity index is 950. The lowest BCUT2D eigenvalue weighted by molar-refractivity contribution is -0.118. The van der Waals surface area contributed by atoms with Crippen molar-refractivity contribution in [3.8, 4) is 5.75 Å². The number of benzene rings is 2. The zero-order valence-corrected chi connectivity index (χ0v) is 18.3. The number of carbonyl (C=O) groups is 1. The van der Waals surface area contributed by atoms with E-state index in [0.717, 1.165) is 30.0 Å². The van der Waals surface area contributed by atoms with Crippen molar-refractivity contribution in [2.45, 2.75) is 57.5 Å². The smallest absolute Gasteiger partial charge is 0.241 e. The molecule has 2 aromatic rings. The molecule has 1 saturated heterocycles. The third-order valence-corrected chi connectivity index (χ3v) is 6.56. The maximum atomic E-state index is 12.5. The minimum Gasteiger partial charge on any atom is -0.493 e. The number of amides is 1. The quantitative estimate of drug-likeness (QED) is 0.609. The average molecular weight is 405 g/mol. The van der Waals surface area contributed by atoms with Crippen molar-refractivity contribution in [1.82, 2.24) is 5.32 Å². The van der Waals surface area contributed by atoms with Gasteiger partial charge in [-0.3, -0.25) is 4.79 Å². The summed E-state index contributed by atoms with van der Waals surface area (Å²) in [5, 5.41) is 3.28. The van der Waals surface area contributed by atoms with Gasteiger partial charge >= 0.3 is 0 Å². The predicted octanol–water partition coefficient (Wildman–Crippen LogP) is 5.28. The number of ether oxygens (including phenoxy) is 1. The average Bonchev–Trinajstić information content (AvgIpc) is 3.18. The molecule has 1 fully saturated rings. The first-order valence-corrected chi connectivity index (χ1v) is 11.1. The van der Waals surface area contributed by atoms with Crippen molar-refractivity contribution < 1.29 is 9.53 Å². The van der Waals surface area contributed by atoms with Crippen LogP contribution in [0.2, 0.25) is 0 Å². The Hall–Kier alpha value is -2.75. The van der Waals surface area contributed by atoms with Gasteiger partial charge in [0.1, 0.15) is 11.4 Å². The third kappa shape index (κ3) is 3.38. The molecule has 4 nitrogen and oxygen atoms in total. The van der Waals surface area contributed by atoms with Crippen LogP contribution in [0.5, 0.6) is 5.75 Å². The Morgan fingerprint density at radius 3 is 2.67 bits per heavy atom. The van der Waals surface area contributed by atoms with E-state index in [9.17, 15) is 4.79 Å². The summed E-state index contributed by atoms with van der Waals surface area (Å²) in [6.45, 7) is 7.74. The molecule has 4 heteroatoms. The van der Waals surface area contributed by atoms with Crippen LogP contribution in [-0.4, -0.2) is 24.7 Å². The molecule has 1 amide bonds. The van der Waals surface area contributed by atoms with Crippen LogP contribution in [0.25, 0.3) is 6.08 Å². The van der Waals surface area contributed by atoms with Gasteiger partial charge in [-0.25, -0.2) is 0 Å². The van der Waals surface area contributed by atoms with Crippen molar-refractivity contribution in [3.05, 3.63) is 65.7 Å². The molecular formula is C26H32N2O2. The Balaban J connectivity index is 1.62. The highest BCUT2D eigenvalue weighted by Gasteiger charge is 2.59. The zero-order valence-electron chi connectivity index (χ0n) is 18.3. The van der Waals surface area contributed by atoms with Gasteiger partial charge in [0.2, 0.25) is 5.91 Å². The highest BCUT2D eigenvalue weighted by molar-refractivity contribution is 5.91. The van der Waals surface area contributed by atoms with Gasteiger partial charge in [0, 0.05) is 16.7 Å². The van der Waals surface area contributed by atoms with Crippen LogP contribution in [0.15, 0.2) is 54.6 Å². The topological polar surface area (TPSA) is 41.6 Å². The van der Waals surface area contributed by atoms with Crippen molar-refractivity contribution in [2.24, 2.45) is 0 Å². The molecule has 1 N–H and O–H groups in total. The van der Waals surface area contributed by atoms with E-state index in [4.69, 9.17) is 4.74 Å². The number of hydrogen-bond donors (Lipinski definition) is 1. The number of hydrogen-bond acceptors (Lipinski definition) is 3. The summed E-state index contributed by atoms with van der Waals surface area (Å²) in [4.78, 5) is 14.7. The van der Waals surface area contributed by atoms with Crippen molar-refractivity contribution in [3.63, 3.8) is 0 Å². The second-order valence-corrected chi connectivity index (χ2v) is 8.82. The molecule has 2 aliphatic heterocycles. The second kappa shape index (κ2) is 8.17. The van der Waals surface area contributed by atoms with Crippen LogP contribution in [0.4, 0.5) is 5.69 Å². The van der Waals surface area contributed by atoms with Crippen molar-refractivity contribution >= 4 is 17.7 Å². The summed E-state index contributed by atoms with van der Waals surface area (Å²) in [5.74, 6) is 0.952. The summed E-state index contributed by atoms with van der Waals surface area (Å²) in [7, 11) is 0. The summed E-state index contributed by atoms with van der Waals surface area (Å²) in [6.07, 6.45) is 9.00. The molecule has 2 aromatic carbocycles. The standard InChI is InChI=1S/C26H32N2O2/c1-4-5-6-11-18-30-23-15-10-7-12-20(23)16-17-26-25(2,3)21-13-8-9-14-22(21)28(26)19-24(29)27-26/h7-10,12-17H,4-6,11,18-19H2,1-3H3,(H,27,29)/b17-16+/t26-/m0/s1. The number of fused-ring (bicyclic) bond motifs is 3. The van der Waals surface area contributed by atoms with Gasteiger partial charge in [0.05, 0.1) is 13.2 Å². The van der Waals surface area contributed by atoms with Gasteiger partial charge < -0.3 is 15.0 Å². The molecule has 2 heterocycles. The van der Waals surface area contributed by atoms with Crippen LogP contribution in [0.3, 0.4) is 0 Å². The van der Waals surface area contributed by atoms with E-state index in [1.165, 1.54) is 24.8 Å². The largest absolute Gasteiger partial charge is 0.493 e. The first kappa shape index (κ1) is 20.5. The van der Waals surface area contributed by atoms with E-state index < -0.39 is 5.66 Å². The Kier molecular flexibility index (Phi) is 5.59. The van der Waals surface area contributed by atoms with E-state index in [-0.39, 0.29) is 11.3 Å². The summed E-state index contributed by atoms with van der Waals surface area (Å²) >= 11 is 0. The van der Waals surface area contributed by atoms with Crippen LogP contribution in [-0.2, 0) is 10.2 Å². The fourth-order valence-electron chi connectivity index (χ4n) is 4.81. The molecule has 158 valence electrons. The van der Waals surface area contributed by atoms with Gasteiger partial charge in [-0.1, -0.05) is 82.5 Å². The molecule has 1 atom stereocenters. The van der Waals surface area contributed by atoms with Crippen LogP contribution in [0, 0.1) is 0 Å². The van der Waals surface area contributed by atoms with E-state index in [1.807, 2.05) is 24.3 Å². The number of nitrogens with zero attached hydrogens (tertiary/aromatic N) is 1. The van der Waals surface area contributed by atoms with Crippen LogP contribution in [0.1, 0.15) is 57.6 Å². The number of nitrogens with one attached hydrogen (secondary N) is 1. The highest BCUT2D eigenvalue weighted by atomic mass is 16.5. The molecule has 0 aromatic heterocycles. The molecule has 0 aliphatic carbocycles. The number of anilines is 1. The number of rotatable bonds is 8. The second-order valence-electron chi connectivity index (χ2n) is 8.82. The van der Waals surface area contributed by atoms with Gasteiger partial charge in [-0.05, 0) is 30.2 Å². The summed E-state index contributed by atoms with van der Waals surface area (Å²) in [6, 6.07) is 16.5. The van der Waals surface area contributed by atoms with Crippen molar-refractivity contribution in [2.75, 3.05) is 18.1 Å². The number of unbranched alkanes of at least 4 members (excludes halogenated alkanes) is 3. The number of carbonyl (C=O) groups excluding carboxylic acids is 1. The maximum absolute atomic E-state index is 12.5. The van der Waals surface area contributed by atoms with Crippen LogP contribution < -0.4 is 15.0 Å². The predicted molar refractivity (Wildman–Crippen MR) is 123 cm³/mol. The molecule has 0 saturated carbocycles. The van der Waals surface area contributed by atoms with Gasteiger partial charge in [-0.15, -0.1) is 0 Å². The Morgan fingerprint density at radius 1 is 1.07 bits per heavy atom. The molecular weight excluding hydrogens is 372 g/mol. The van der Waals surface area contributed by atoms with Crippen molar-refractivity contribution in [1.29, 1.82) is 0 Å². The Labute approximate surface area is 179 Å². The fourth-order valence-corrected chi connectivity index (χ4v) is 4.81. The number of para-hydroxylation sites is 2. The lowest BCUT2D eigenvalue weighted by Gasteiger charge is -2.40. The minimum atomic E-state index is -0.581. The van der Waals surface area contributed by atoms with E-state index in [2.05, 4.69) is 67.4 Å². The normalized spacial score (nSPS) is 21.6. The molecule has 0 spiro atoms. The van der Waals surface area contributed by atoms with Gasteiger partial charge in [0.15, 0.2) is 0 Å². The SMILES string of the molecule is CCCCCCOc1ccccc1/C=C/[C@]12NC(=O)CN1c1ccccc1C2(C)C. The molecule has 0 unspecified atom stereocenters. The lowest BCUT2D eigenvalue weighted by atomic mass is 9.75. The molecule has 0 radical (unpaired) electrons. The van der Waals surface area contributed by atoms with E-state index >= 15 is 0 Å². The van der Waals surface area contributed by atoms with E-state index in [0.29, 0.717) is 6.54 Å². The van der Waals surface area contributed by atoms with Gasteiger partial charge in [-0.2, -0.15) is 0 Å². The monoisotopic (exact) mass is 404 g/mol. The minimum absolute atomic E-state index is 0.0580.